The minimum atomic E-state index is -0.602. The Morgan fingerprint density at radius 3 is 3.05 bits per heavy atom. The summed E-state index contributed by atoms with van der Waals surface area (Å²) in [6.07, 6.45) is 3.69. The van der Waals surface area contributed by atoms with Crippen LogP contribution in [0.15, 0.2) is 6.07 Å². The summed E-state index contributed by atoms with van der Waals surface area (Å²) >= 11 is 0. The van der Waals surface area contributed by atoms with Crippen molar-refractivity contribution in [3.63, 3.8) is 0 Å². The molecule has 0 fully saturated rings. The zero-order chi connectivity index (χ0) is 13.7. The molecule has 0 bridgehead atoms. The van der Waals surface area contributed by atoms with Crippen LogP contribution in [0.2, 0.25) is 0 Å². The lowest BCUT2D eigenvalue weighted by atomic mass is 9.95. The Morgan fingerprint density at radius 1 is 1.53 bits per heavy atom. The molecule has 0 spiro atoms. The van der Waals surface area contributed by atoms with Gasteiger partial charge in [-0.1, -0.05) is 0 Å². The molecule has 0 saturated heterocycles. The second kappa shape index (κ2) is 6.50. The predicted molar refractivity (Wildman–Crippen MR) is 72.0 cm³/mol. The van der Waals surface area contributed by atoms with E-state index < -0.39 is 6.10 Å². The molecule has 1 heterocycles. The fourth-order valence-corrected chi connectivity index (χ4v) is 2.32. The summed E-state index contributed by atoms with van der Waals surface area (Å²) in [6.45, 7) is 0.591. The van der Waals surface area contributed by atoms with Crippen molar-refractivity contribution in [2.75, 3.05) is 25.6 Å². The number of fused-ring (bicyclic) bond motifs is 1. The van der Waals surface area contributed by atoms with Gasteiger partial charge in [0.15, 0.2) is 0 Å². The van der Waals surface area contributed by atoms with Gasteiger partial charge in [0, 0.05) is 19.3 Å². The Kier molecular flexibility index (Phi) is 4.72. The number of aliphatic hydroxyl groups excluding tert-OH is 1. The van der Waals surface area contributed by atoms with Crippen molar-refractivity contribution in [2.45, 2.75) is 31.8 Å². The highest BCUT2D eigenvalue weighted by Crippen LogP contribution is 2.24. The van der Waals surface area contributed by atoms with Crippen LogP contribution in [0.1, 0.15) is 29.7 Å². The first-order valence-corrected chi connectivity index (χ1v) is 6.58. The van der Waals surface area contributed by atoms with E-state index in [0.717, 1.165) is 25.0 Å². The van der Waals surface area contributed by atoms with Crippen LogP contribution in [0.4, 0.5) is 5.82 Å². The van der Waals surface area contributed by atoms with Crippen LogP contribution in [0, 0.1) is 11.3 Å². The van der Waals surface area contributed by atoms with Crippen molar-refractivity contribution in [3.05, 3.63) is 22.9 Å². The number of rotatable bonds is 5. The molecule has 1 aromatic heterocycles. The maximum Gasteiger partial charge on any atom is 0.144 e. The monoisotopic (exact) mass is 261 g/mol. The van der Waals surface area contributed by atoms with Crippen LogP contribution < -0.4 is 5.32 Å². The van der Waals surface area contributed by atoms with Crippen molar-refractivity contribution < 1.29 is 9.84 Å². The SMILES string of the molecule is COCC(O)CNc1nc2c(cc1C#N)CCCC2. The van der Waals surface area contributed by atoms with Crippen molar-refractivity contribution in [3.8, 4) is 6.07 Å². The van der Waals surface area contributed by atoms with Gasteiger partial charge in [-0.25, -0.2) is 4.98 Å². The maximum absolute atomic E-state index is 9.61. The number of hydrogen-bond acceptors (Lipinski definition) is 5. The minimum absolute atomic E-state index is 0.264. The van der Waals surface area contributed by atoms with Crippen molar-refractivity contribution in [1.29, 1.82) is 5.26 Å². The first kappa shape index (κ1) is 13.8. The summed E-state index contributed by atoms with van der Waals surface area (Å²) in [5.74, 6) is 0.568. The average molecular weight is 261 g/mol. The van der Waals surface area contributed by atoms with Gasteiger partial charge in [0.2, 0.25) is 0 Å². The molecule has 1 aliphatic rings. The number of aromatic nitrogens is 1. The first-order valence-electron chi connectivity index (χ1n) is 6.58. The third-order valence-corrected chi connectivity index (χ3v) is 3.29. The number of hydrogen-bond donors (Lipinski definition) is 2. The summed E-state index contributed by atoms with van der Waals surface area (Å²) in [6, 6.07) is 4.09. The average Bonchev–Trinajstić information content (AvgIpc) is 2.44. The number of pyridine rings is 1. The van der Waals surface area contributed by atoms with Gasteiger partial charge in [0.25, 0.3) is 0 Å². The smallest absolute Gasteiger partial charge is 0.144 e. The summed E-state index contributed by atoms with van der Waals surface area (Å²) in [4.78, 5) is 4.53. The van der Waals surface area contributed by atoms with E-state index in [4.69, 9.17) is 4.74 Å². The number of nitrogens with zero attached hydrogens (tertiary/aromatic N) is 2. The van der Waals surface area contributed by atoms with Gasteiger partial charge in [0.05, 0.1) is 18.3 Å². The molecule has 2 N–H and O–H groups in total. The van der Waals surface area contributed by atoms with Crippen LogP contribution in [0.5, 0.6) is 0 Å². The minimum Gasteiger partial charge on any atom is -0.389 e. The Hall–Kier alpha value is -1.64. The molecule has 0 aromatic carbocycles. The van der Waals surface area contributed by atoms with E-state index in [-0.39, 0.29) is 6.61 Å². The topological polar surface area (TPSA) is 78.2 Å². The first-order chi connectivity index (χ1) is 9.24. The number of methoxy groups -OCH3 is 1. The Balaban J connectivity index is 2.13. The fraction of sp³-hybridized carbons (Fsp3) is 0.571. The molecule has 1 unspecified atom stereocenters. The molecule has 0 saturated carbocycles. The standard InChI is InChI=1S/C14H19N3O2/c1-19-9-12(18)8-16-14-11(7-15)6-10-4-2-3-5-13(10)17-14/h6,12,18H,2-5,8-9H2,1H3,(H,16,17). The maximum atomic E-state index is 9.61. The van der Waals surface area contributed by atoms with E-state index in [1.807, 2.05) is 6.07 Å². The second-order valence-electron chi connectivity index (χ2n) is 4.80. The van der Waals surface area contributed by atoms with Gasteiger partial charge in [0.1, 0.15) is 11.9 Å². The van der Waals surface area contributed by atoms with Gasteiger partial charge < -0.3 is 15.2 Å². The lowest BCUT2D eigenvalue weighted by Gasteiger charge is -2.18. The summed E-state index contributed by atoms with van der Waals surface area (Å²) in [5, 5.41) is 21.8. The highest BCUT2D eigenvalue weighted by Gasteiger charge is 2.15. The van der Waals surface area contributed by atoms with Crippen LogP contribution >= 0.6 is 0 Å². The molecule has 19 heavy (non-hydrogen) atoms. The van der Waals surface area contributed by atoms with Crippen LogP contribution in [-0.4, -0.2) is 36.5 Å². The molecule has 1 aromatic rings. The van der Waals surface area contributed by atoms with Gasteiger partial charge in [-0.05, 0) is 37.3 Å². The van der Waals surface area contributed by atoms with Gasteiger partial charge >= 0.3 is 0 Å². The van der Waals surface area contributed by atoms with E-state index in [1.54, 1.807) is 7.11 Å². The van der Waals surface area contributed by atoms with Gasteiger partial charge in [-0.2, -0.15) is 5.26 Å². The fourth-order valence-electron chi connectivity index (χ4n) is 2.32. The molecular weight excluding hydrogens is 242 g/mol. The number of nitrogens with one attached hydrogen (secondary N) is 1. The number of nitriles is 1. The molecule has 0 amide bonds. The van der Waals surface area contributed by atoms with E-state index in [9.17, 15) is 10.4 Å². The molecule has 0 aliphatic heterocycles. The number of aryl methyl sites for hydroxylation is 2. The van der Waals surface area contributed by atoms with E-state index in [2.05, 4.69) is 16.4 Å². The van der Waals surface area contributed by atoms with Gasteiger partial charge in [-0.3, -0.25) is 0 Å². The zero-order valence-electron chi connectivity index (χ0n) is 11.1. The van der Waals surface area contributed by atoms with Crippen molar-refractivity contribution >= 4 is 5.82 Å². The van der Waals surface area contributed by atoms with E-state index in [0.29, 0.717) is 17.9 Å². The largest absolute Gasteiger partial charge is 0.389 e. The normalized spacial score (nSPS) is 15.4. The Morgan fingerprint density at radius 2 is 2.32 bits per heavy atom. The quantitative estimate of drug-likeness (QED) is 0.834. The zero-order valence-corrected chi connectivity index (χ0v) is 11.1. The molecule has 102 valence electrons. The molecule has 2 rings (SSSR count). The second-order valence-corrected chi connectivity index (χ2v) is 4.80. The molecular formula is C14H19N3O2. The number of ether oxygens (including phenoxy) is 1. The molecule has 0 radical (unpaired) electrons. The molecule has 1 aliphatic carbocycles. The van der Waals surface area contributed by atoms with Crippen molar-refractivity contribution in [2.24, 2.45) is 0 Å². The Labute approximate surface area is 113 Å². The number of aliphatic hydroxyl groups is 1. The van der Waals surface area contributed by atoms with Gasteiger partial charge in [-0.15, -0.1) is 0 Å². The highest BCUT2D eigenvalue weighted by atomic mass is 16.5. The summed E-state index contributed by atoms with van der Waals surface area (Å²) in [5.41, 5.74) is 2.81. The highest BCUT2D eigenvalue weighted by molar-refractivity contribution is 5.54. The summed E-state index contributed by atoms with van der Waals surface area (Å²) < 4.78 is 4.86. The van der Waals surface area contributed by atoms with Crippen LogP contribution in [0.25, 0.3) is 0 Å². The lowest BCUT2D eigenvalue weighted by Crippen LogP contribution is -2.25. The molecule has 5 nitrogen and oxygen atoms in total. The molecule has 5 heteroatoms. The summed E-state index contributed by atoms with van der Waals surface area (Å²) in [7, 11) is 1.54. The Bertz CT molecular complexity index is 482. The molecule has 1 atom stereocenters. The third-order valence-electron chi connectivity index (χ3n) is 3.29. The van der Waals surface area contributed by atoms with Crippen LogP contribution in [0.3, 0.4) is 0 Å². The third kappa shape index (κ3) is 3.43. The number of anilines is 1. The van der Waals surface area contributed by atoms with E-state index in [1.165, 1.54) is 12.0 Å². The predicted octanol–water partition coefficient (Wildman–Crippen LogP) is 1.25. The van der Waals surface area contributed by atoms with E-state index >= 15 is 0 Å². The van der Waals surface area contributed by atoms with Crippen molar-refractivity contribution in [1.82, 2.24) is 4.98 Å². The lowest BCUT2D eigenvalue weighted by molar-refractivity contribution is 0.0727. The van der Waals surface area contributed by atoms with Crippen LogP contribution in [-0.2, 0) is 17.6 Å².